The van der Waals surface area contributed by atoms with Crippen LogP contribution >= 0.6 is 11.6 Å². The van der Waals surface area contributed by atoms with E-state index >= 15 is 0 Å². The first-order chi connectivity index (χ1) is 8.57. The Labute approximate surface area is 112 Å². The SMILES string of the molecule is CCC1(C(=O)Nc2cc(C)cnc2Cl)CCNC1. The fourth-order valence-electron chi connectivity index (χ4n) is 2.29. The van der Waals surface area contributed by atoms with Crippen molar-refractivity contribution in [1.29, 1.82) is 0 Å². The lowest BCUT2D eigenvalue weighted by Crippen LogP contribution is -2.37. The number of aromatic nitrogens is 1. The molecule has 18 heavy (non-hydrogen) atoms. The topological polar surface area (TPSA) is 54.0 Å². The quantitative estimate of drug-likeness (QED) is 0.827. The largest absolute Gasteiger partial charge is 0.323 e. The molecule has 0 radical (unpaired) electrons. The first kappa shape index (κ1) is 13.3. The molecule has 1 atom stereocenters. The van der Waals surface area contributed by atoms with E-state index in [4.69, 9.17) is 11.6 Å². The Bertz CT molecular complexity index is 456. The molecule has 0 saturated carbocycles. The smallest absolute Gasteiger partial charge is 0.231 e. The van der Waals surface area contributed by atoms with Crippen molar-refractivity contribution in [2.45, 2.75) is 26.7 Å². The summed E-state index contributed by atoms with van der Waals surface area (Å²) in [6, 6.07) is 1.85. The number of rotatable bonds is 3. The number of hydrogen-bond acceptors (Lipinski definition) is 3. The molecule has 0 bridgehead atoms. The second kappa shape index (κ2) is 5.24. The third-order valence-electron chi connectivity index (χ3n) is 3.63. The summed E-state index contributed by atoms with van der Waals surface area (Å²) in [6.07, 6.45) is 3.37. The molecular formula is C13H18ClN3O. The van der Waals surface area contributed by atoms with Crippen LogP contribution in [-0.2, 0) is 4.79 Å². The average Bonchev–Trinajstić information content (AvgIpc) is 2.84. The van der Waals surface area contributed by atoms with E-state index in [-0.39, 0.29) is 11.3 Å². The van der Waals surface area contributed by atoms with Crippen molar-refractivity contribution in [2.24, 2.45) is 5.41 Å². The van der Waals surface area contributed by atoms with Crippen molar-refractivity contribution in [1.82, 2.24) is 10.3 Å². The zero-order valence-corrected chi connectivity index (χ0v) is 11.5. The molecule has 1 unspecified atom stereocenters. The average molecular weight is 268 g/mol. The van der Waals surface area contributed by atoms with Gasteiger partial charge in [0.25, 0.3) is 0 Å². The molecule has 0 spiro atoms. The Morgan fingerprint density at radius 1 is 1.67 bits per heavy atom. The molecule has 5 heteroatoms. The summed E-state index contributed by atoms with van der Waals surface area (Å²) in [5.74, 6) is 0.0318. The molecule has 2 rings (SSSR count). The predicted molar refractivity (Wildman–Crippen MR) is 72.8 cm³/mol. The van der Waals surface area contributed by atoms with E-state index in [0.29, 0.717) is 10.8 Å². The van der Waals surface area contributed by atoms with Crippen LogP contribution in [0.2, 0.25) is 5.15 Å². The van der Waals surface area contributed by atoms with Crippen molar-refractivity contribution < 1.29 is 4.79 Å². The number of hydrogen-bond donors (Lipinski definition) is 2. The van der Waals surface area contributed by atoms with E-state index in [9.17, 15) is 4.79 Å². The molecule has 0 aromatic carbocycles. The van der Waals surface area contributed by atoms with Crippen LogP contribution in [0.3, 0.4) is 0 Å². The maximum atomic E-state index is 12.4. The summed E-state index contributed by atoms with van der Waals surface area (Å²) in [5, 5.41) is 6.50. The van der Waals surface area contributed by atoms with Gasteiger partial charge in [-0.2, -0.15) is 0 Å². The molecule has 1 saturated heterocycles. The molecule has 0 aliphatic carbocycles. The van der Waals surface area contributed by atoms with Crippen LogP contribution in [-0.4, -0.2) is 24.0 Å². The molecule has 98 valence electrons. The molecule has 1 aromatic rings. The third kappa shape index (κ3) is 2.49. The Balaban J connectivity index is 2.18. The standard InChI is InChI=1S/C13H18ClN3O/c1-3-13(4-5-15-8-13)12(18)17-10-6-9(2)7-16-11(10)14/h6-7,15H,3-5,8H2,1-2H3,(H,17,18). The van der Waals surface area contributed by atoms with Crippen LogP contribution in [0, 0.1) is 12.3 Å². The second-order valence-electron chi connectivity index (χ2n) is 4.87. The number of aryl methyl sites for hydroxylation is 1. The molecule has 1 amide bonds. The van der Waals surface area contributed by atoms with Crippen LogP contribution in [0.15, 0.2) is 12.3 Å². The Morgan fingerprint density at radius 3 is 3.06 bits per heavy atom. The van der Waals surface area contributed by atoms with Crippen LogP contribution in [0.25, 0.3) is 0 Å². The maximum absolute atomic E-state index is 12.4. The minimum atomic E-state index is -0.312. The number of halogens is 1. The predicted octanol–water partition coefficient (Wildman–Crippen LogP) is 2.37. The lowest BCUT2D eigenvalue weighted by atomic mass is 9.83. The van der Waals surface area contributed by atoms with E-state index in [0.717, 1.165) is 31.5 Å². The molecule has 2 N–H and O–H groups in total. The van der Waals surface area contributed by atoms with Crippen molar-refractivity contribution in [3.05, 3.63) is 23.0 Å². The van der Waals surface area contributed by atoms with Gasteiger partial charge in [-0.05, 0) is 37.9 Å². The number of pyridine rings is 1. The number of carbonyl (C=O) groups is 1. The van der Waals surface area contributed by atoms with Gasteiger partial charge in [0.1, 0.15) is 0 Å². The fraction of sp³-hybridized carbons (Fsp3) is 0.538. The Hall–Kier alpha value is -1.13. The number of carbonyl (C=O) groups excluding carboxylic acids is 1. The van der Waals surface area contributed by atoms with Gasteiger partial charge in [-0.25, -0.2) is 4.98 Å². The van der Waals surface area contributed by atoms with Gasteiger partial charge in [-0.15, -0.1) is 0 Å². The molecule has 2 heterocycles. The van der Waals surface area contributed by atoms with E-state index in [1.165, 1.54) is 0 Å². The normalized spacial score (nSPS) is 23.1. The van der Waals surface area contributed by atoms with Crippen molar-refractivity contribution in [2.75, 3.05) is 18.4 Å². The lowest BCUT2D eigenvalue weighted by Gasteiger charge is -2.25. The maximum Gasteiger partial charge on any atom is 0.231 e. The zero-order chi connectivity index (χ0) is 13.2. The summed E-state index contributed by atoms with van der Waals surface area (Å²) in [4.78, 5) is 16.4. The van der Waals surface area contributed by atoms with Crippen LogP contribution in [0.5, 0.6) is 0 Å². The number of amides is 1. The van der Waals surface area contributed by atoms with Gasteiger partial charge >= 0.3 is 0 Å². The van der Waals surface area contributed by atoms with Gasteiger partial charge in [-0.3, -0.25) is 4.79 Å². The molecule has 4 nitrogen and oxygen atoms in total. The van der Waals surface area contributed by atoms with Crippen molar-refractivity contribution in [3.63, 3.8) is 0 Å². The van der Waals surface area contributed by atoms with Crippen molar-refractivity contribution >= 4 is 23.2 Å². The van der Waals surface area contributed by atoms with Crippen LogP contribution in [0.4, 0.5) is 5.69 Å². The van der Waals surface area contributed by atoms with Gasteiger partial charge < -0.3 is 10.6 Å². The summed E-state index contributed by atoms with van der Waals surface area (Å²) in [6.45, 7) is 5.58. The Kier molecular flexibility index (Phi) is 3.88. The first-order valence-electron chi connectivity index (χ1n) is 6.22. The number of nitrogens with one attached hydrogen (secondary N) is 2. The molecule has 1 fully saturated rings. The van der Waals surface area contributed by atoms with Gasteiger partial charge in [0, 0.05) is 12.7 Å². The fourth-order valence-corrected chi connectivity index (χ4v) is 2.45. The van der Waals surface area contributed by atoms with Gasteiger partial charge in [0.2, 0.25) is 5.91 Å². The molecule has 1 aliphatic rings. The summed E-state index contributed by atoms with van der Waals surface area (Å²) in [7, 11) is 0. The minimum Gasteiger partial charge on any atom is -0.323 e. The highest BCUT2D eigenvalue weighted by Crippen LogP contribution is 2.32. The highest BCUT2D eigenvalue weighted by molar-refractivity contribution is 6.32. The Morgan fingerprint density at radius 2 is 2.44 bits per heavy atom. The minimum absolute atomic E-state index is 0.0318. The molecular weight excluding hydrogens is 250 g/mol. The van der Waals surface area contributed by atoms with Crippen LogP contribution in [0.1, 0.15) is 25.3 Å². The first-order valence-corrected chi connectivity index (χ1v) is 6.59. The van der Waals surface area contributed by atoms with Gasteiger partial charge in [0.05, 0.1) is 11.1 Å². The molecule has 1 aliphatic heterocycles. The van der Waals surface area contributed by atoms with Crippen molar-refractivity contribution in [3.8, 4) is 0 Å². The summed E-state index contributed by atoms with van der Waals surface area (Å²) in [5.41, 5.74) is 1.26. The highest BCUT2D eigenvalue weighted by atomic mass is 35.5. The zero-order valence-electron chi connectivity index (χ0n) is 10.7. The monoisotopic (exact) mass is 267 g/mol. The summed E-state index contributed by atoms with van der Waals surface area (Å²) < 4.78 is 0. The van der Waals surface area contributed by atoms with E-state index in [2.05, 4.69) is 15.6 Å². The summed E-state index contributed by atoms with van der Waals surface area (Å²) >= 11 is 5.99. The molecule has 1 aromatic heterocycles. The van der Waals surface area contributed by atoms with E-state index < -0.39 is 0 Å². The number of nitrogens with zero attached hydrogens (tertiary/aromatic N) is 1. The van der Waals surface area contributed by atoms with E-state index in [1.807, 2.05) is 19.9 Å². The van der Waals surface area contributed by atoms with E-state index in [1.54, 1.807) is 6.20 Å². The third-order valence-corrected chi connectivity index (χ3v) is 3.93. The highest BCUT2D eigenvalue weighted by Gasteiger charge is 2.39. The number of anilines is 1. The second-order valence-corrected chi connectivity index (χ2v) is 5.22. The lowest BCUT2D eigenvalue weighted by molar-refractivity contribution is -0.124. The van der Waals surface area contributed by atoms with Crippen LogP contribution < -0.4 is 10.6 Å². The van der Waals surface area contributed by atoms with Gasteiger partial charge in [-0.1, -0.05) is 18.5 Å². The van der Waals surface area contributed by atoms with Gasteiger partial charge in [0.15, 0.2) is 5.15 Å².